The van der Waals surface area contributed by atoms with Crippen LogP contribution in [0.5, 0.6) is 0 Å². The van der Waals surface area contributed by atoms with Gasteiger partial charge in [-0.2, -0.15) is 13.2 Å². The third-order valence-electron chi connectivity index (χ3n) is 4.01. The van der Waals surface area contributed by atoms with E-state index in [2.05, 4.69) is 5.32 Å². The first kappa shape index (κ1) is 15.6. The molecule has 1 saturated carbocycles. The summed E-state index contributed by atoms with van der Waals surface area (Å²) in [7, 11) is 0. The molecule has 1 atom stereocenters. The number of hydrogen-bond acceptors (Lipinski definition) is 3. The minimum absolute atomic E-state index is 0.0131. The van der Waals surface area contributed by atoms with E-state index in [0.29, 0.717) is 12.3 Å². The number of halogens is 3. The molecule has 2 fully saturated rings. The monoisotopic (exact) mass is 329 g/mol. The van der Waals surface area contributed by atoms with Gasteiger partial charge in [0, 0.05) is 25.2 Å². The number of carbonyl (C=O) groups excluding carboxylic acids is 2. The molecule has 3 rings (SSSR count). The molecule has 1 aromatic rings. The number of aromatic nitrogens is 1. The summed E-state index contributed by atoms with van der Waals surface area (Å²) in [6.45, 7) is 0.242. The maximum absolute atomic E-state index is 12.7. The van der Waals surface area contributed by atoms with Crippen LogP contribution in [0, 0.1) is 5.92 Å². The van der Waals surface area contributed by atoms with Gasteiger partial charge < -0.3 is 15.2 Å². The van der Waals surface area contributed by atoms with Crippen molar-refractivity contribution in [2.24, 2.45) is 5.92 Å². The zero-order chi connectivity index (χ0) is 16.8. The molecule has 1 saturated heterocycles. The molecule has 0 spiro atoms. The van der Waals surface area contributed by atoms with Crippen molar-refractivity contribution in [1.29, 1.82) is 0 Å². The molecule has 23 heavy (non-hydrogen) atoms. The third-order valence-corrected chi connectivity index (χ3v) is 4.01. The lowest BCUT2D eigenvalue weighted by Crippen LogP contribution is -2.31. The molecular formula is C14H14F3N3O3. The van der Waals surface area contributed by atoms with Crippen molar-refractivity contribution in [3.63, 3.8) is 0 Å². The molecule has 6 nitrogen and oxygen atoms in total. The summed E-state index contributed by atoms with van der Waals surface area (Å²) in [4.78, 5) is 39.1. The van der Waals surface area contributed by atoms with Crippen molar-refractivity contribution in [1.82, 2.24) is 9.88 Å². The summed E-state index contributed by atoms with van der Waals surface area (Å²) in [6.07, 6.45) is -2.25. The number of pyridine rings is 1. The van der Waals surface area contributed by atoms with Crippen molar-refractivity contribution in [2.45, 2.75) is 31.5 Å². The lowest BCUT2D eigenvalue weighted by molar-refractivity contribution is -0.137. The molecular weight excluding hydrogens is 315 g/mol. The Morgan fingerprint density at radius 3 is 2.61 bits per heavy atom. The smallest absolute Gasteiger partial charge is 0.339 e. The number of nitrogens with zero attached hydrogens (tertiary/aromatic N) is 1. The highest BCUT2D eigenvalue weighted by molar-refractivity contribution is 5.97. The van der Waals surface area contributed by atoms with E-state index in [1.807, 2.05) is 4.98 Å². The van der Waals surface area contributed by atoms with Gasteiger partial charge in [-0.3, -0.25) is 14.4 Å². The fraction of sp³-hybridized carbons (Fsp3) is 0.500. The minimum Gasteiger partial charge on any atom is -0.339 e. The van der Waals surface area contributed by atoms with Crippen LogP contribution in [0.4, 0.5) is 18.9 Å². The Morgan fingerprint density at radius 2 is 2.00 bits per heavy atom. The van der Waals surface area contributed by atoms with Gasteiger partial charge in [0.25, 0.3) is 5.56 Å². The van der Waals surface area contributed by atoms with Gasteiger partial charge in [0.1, 0.15) is 5.69 Å². The van der Waals surface area contributed by atoms with E-state index in [1.54, 1.807) is 4.90 Å². The summed E-state index contributed by atoms with van der Waals surface area (Å²) >= 11 is 0. The molecule has 1 aliphatic heterocycles. The first-order valence-electron chi connectivity index (χ1n) is 7.16. The molecule has 2 aliphatic rings. The highest BCUT2D eigenvalue weighted by Gasteiger charge is 2.42. The number of alkyl halides is 3. The lowest BCUT2D eigenvalue weighted by Gasteiger charge is -2.15. The van der Waals surface area contributed by atoms with E-state index in [0.717, 1.165) is 12.8 Å². The van der Waals surface area contributed by atoms with E-state index in [-0.39, 0.29) is 24.9 Å². The van der Waals surface area contributed by atoms with E-state index in [4.69, 9.17) is 0 Å². The maximum Gasteiger partial charge on any atom is 0.417 e. The van der Waals surface area contributed by atoms with Crippen LogP contribution in [0.3, 0.4) is 0 Å². The molecule has 1 aliphatic carbocycles. The second kappa shape index (κ2) is 5.39. The van der Waals surface area contributed by atoms with Crippen LogP contribution >= 0.6 is 0 Å². The van der Waals surface area contributed by atoms with Crippen LogP contribution < -0.4 is 10.9 Å². The summed E-state index contributed by atoms with van der Waals surface area (Å²) in [5.74, 6) is -1.41. The number of aromatic amines is 1. The average molecular weight is 329 g/mol. The molecule has 124 valence electrons. The molecule has 9 heteroatoms. The minimum atomic E-state index is -4.63. The van der Waals surface area contributed by atoms with Crippen LogP contribution in [0.2, 0.25) is 0 Å². The highest BCUT2D eigenvalue weighted by atomic mass is 19.4. The number of amides is 2. The zero-order valence-corrected chi connectivity index (χ0v) is 11.9. The Bertz CT molecular complexity index is 709. The molecule has 0 bridgehead atoms. The summed E-state index contributed by atoms with van der Waals surface area (Å²) in [5.41, 5.74) is -2.36. The maximum atomic E-state index is 12.7. The predicted octanol–water partition coefficient (Wildman–Crippen LogP) is 1.34. The van der Waals surface area contributed by atoms with Gasteiger partial charge in [-0.15, -0.1) is 0 Å². The Balaban J connectivity index is 1.73. The molecule has 0 aromatic carbocycles. The van der Waals surface area contributed by atoms with Gasteiger partial charge in [0.2, 0.25) is 11.8 Å². The summed E-state index contributed by atoms with van der Waals surface area (Å²) in [6, 6.07) is 0.767. The Hall–Kier alpha value is -2.32. The number of hydrogen-bond donors (Lipinski definition) is 2. The van der Waals surface area contributed by atoms with Crippen LogP contribution in [-0.4, -0.2) is 34.3 Å². The van der Waals surface area contributed by atoms with E-state index >= 15 is 0 Å². The van der Waals surface area contributed by atoms with Crippen molar-refractivity contribution < 1.29 is 22.8 Å². The van der Waals surface area contributed by atoms with E-state index in [9.17, 15) is 27.6 Å². The predicted molar refractivity (Wildman–Crippen MR) is 73.5 cm³/mol. The standard InChI is InChI=1S/C14H14F3N3O3/c15-14(16,17)8-4-10(13(23)18-5-8)19-12(22)7-3-11(21)20(6-7)9-1-2-9/h4-5,7,9H,1-3,6H2,(H,18,23)(H,19,22). The molecule has 2 amide bonds. The average Bonchev–Trinajstić information content (AvgIpc) is 3.22. The number of rotatable bonds is 3. The SMILES string of the molecule is O=C(Nc1cc(C(F)(F)F)c[nH]c1=O)C1CC(=O)N(C2CC2)C1. The zero-order valence-electron chi connectivity index (χ0n) is 11.9. The normalized spacial score (nSPS) is 21.6. The van der Waals surface area contributed by atoms with Crippen molar-refractivity contribution in [3.8, 4) is 0 Å². The number of likely N-dealkylation sites (tertiary alicyclic amines) is 1. The first-order valence-corrected chi connectivity index (χ1v) is 7.16. The number of anilines is 1. The first-order chi connectivity index (χ1) is 10.8. The van der Waals surface area contributed by atoms with Crippen LogP contribution in [0.1, 0.15) is 24.8 Å². The van der Waals surface area contributed by atoms with Gasteiger partial charge in [-0.25, -0.2) is 0 Å². The van der Waals surface area contributed by atoms with Crippen molar-refractivity contribution in [2.75, 3.05) is 11.9 Å². The lowest BCUT2D eigenvalue weighted by atomic mass is 10.1. The Labute approximate surface area is 128 Å². The van der Waals surface area contributed by atoms with Crippen molar-refractivity contribution >= 4 is 17.5 Å². The molecule has 0 radical (unpaired) electrons. The second-order valence-electron chi connectivity index (χ2n) is 5.80. The van der Waals surface area contributed by atoms with E-state index < -0.39 is 34.8 Å². The summed E-state index contributed by atoms with van der Waals surface area (Å²) in [5, 5.41) is 2.20. The molecule has 1 aromatic heterocycles. The Morgan fingerprint density at radius 1 is 1.30 bits per heavy atom. The molecule has 2 N–H and O–H groups in total. The van der Waals surface area contributed by atoms with Crippen molar-refractivity contribution in [3.05, 3.63) is 28.2 Å². The van der Waals surface area contributed by atoms with Crippen LogP contribution in [0.25, 0.3) is 0 Å². The Kier molecular flexibility index (Phi) is 3.65. The van der Waals surface area contributed by atoms with Gasteiger partial charge in [0.05, 0.1) is 11.5 Å². The van der Waals surface area contributed by atoms with Gasteiger partial charge >= 0.3 is 6.18 Å². The number of carbonyl (C=O) groups is 2. The van der Waals surface area contributed by atoms with Crippen LogP contribution in [0.15, 0.2) is 17.1 Å². The quantitative estimate of drug-likeness (QED) is 0.878. The summed E-state index contributed by atoms with van der Waals surface area (Å²) < 4.78 is 38.0. The highest BCUT2D eigenvalue weighted by Crippen LogP contribution is 2.33. The van der Waals surface area contributed by atoms with E-state index in [1.165, 1.54) is 0 Å². The second-order valence-corrected chi connectivity index (χ2v) is 5.80. The third kappa shape index (κ3) is 3.22. The topological polar surface area (TPSA) is 82.3 Å². The molecule has 2 heterocycles. The van der Waals surface area contributed by atoms with Gasteiger partial charge in [0.15, 0.2) is 0 Å². The largest absolute Gasteiger partial charge is 0.417 e. The fourth-order valence-corrected chi connectivity index (χ4v) is 2.62. The van der Waals surface area contributed by atoms with Gasteiger partial charge in [-0.05, 0) is 18.9 Å². The van der Waals surface area contributed by atoms with Crippen LogP contribution in [-0.2, 0) is 15.8 Å². The fourth-order valence-electron chi connectivity index (χ4n) is 2.62. The number of nitrogens with one attached hydrogen (secondary N) is 2. The number of H-pyrrole nitrogens is 1. The molecule has 1 unspecified atom stereocenters. The van der Waals surface area contributed by atoms with Gasteiger partial charge in [-0.1, -0.05) is 0 Å².